The topological polar surface area (TPSA) is 49.6 Å². The van der Waals surface area contributed by atoms with Crippen LogP contribution in [-0.2, 0) is 11.2 Å². The summed E-state index contributed by atoms with van der Waals surface area (Å²) in [6, 6.07) is 13.0. The zero-order valence-corrected chi connectivity index (χ0v) is 18.8. The quantitative estimate of drug-likeness (QED) is 0.580. The SMILES string of the molecule is O=C(NCC1CCN(CCCc2ccccc2F)CC1)C1=Cc2cnc3cccc(n23)S1. The molecule has 5 nitrogen and oxygen atoms in total. The second-order valence-electron chi connectivity index (χ2n) is 8.54. The fourth-order valence-corrected chi connectivity index (χ4v) is 5.54. The first-order chi connectivity index (χ1) is 15.7. The maximum atomic E-state index is 13.7. The maximum absolute atomic E-state index is 13.7. The first-order valence-corrected chi connectivity index (χ1v) is 12.1. The molecule has 2 aliphatic heterocycles. The van der Waals surface area contributed by atoms with Crippen molar-refractivity contribution in [3.8, 4) is 0 Å². The molecule has 0 bridgehead atoms. The first-order valence-electron chi connectivity index (χ1n) is 11.3. The Morgan fingerprint density at radius 3 is 2.84 bits per heavy atom. The number of imidazole rings is 1. The molecule has 1 amide bonds. The van der Waals surface area contributed by atoms with Crippen LogP contribution in [0.25, 0.3) is 11.7 Å². The largest absolute Gasteiger partial charge is 0.351 e. The molecule has 7 heteroatoms. The summed E-state index contributed by atoms with van der Waals surface area (Å²) >= 11 is 1.49. The van der Waals surface area contributed by atoms with E-state index in [1.54, 1.807) is 6.07 Å². The van der Waals surface area contributed by atoms with Gasteiger partial charge in [0.25, 0.3) is 5.91 Å². The van der Waals surface area contributed by atoms with Crippen LogP contribution in [0.4, 0.5) is 4.39 Å². The van der Waals surface area contributed by atoms with Gasteiger partial charge in [0.15, 0.2) is 0 Å². The smallest absolute Gasteiger partial charge is 0.258 e. The Morgan fingerprint density at radius 2 is 2.00 bits per heavy atom. The number of aryl methyl sites for hydroxylation is 1. The maximum Gasteiger partial charge on any atom is 0.258 e. The zero-order valence-electron chi connectivity index (χ0n) is 18.0. The normalized spacial score (nSPS) is 16.8. The Morgan fingerprint density at radius 1 is 1.16 bits per heavy atom. The molecule has 0 aliphatic carbocycles. The molecule has 32 heavy (non-hydrogen) atoms. The summed E-state index contributed by atoms with van der Waals surface area (Å²) in [5.74, 6) is 0.394. The fraction of sp³-hybridized carbons (Fsp3) is 0.360. The van der Waals surface area contributed by atoms with Gasteiger partial charge in [-0.15, -0.1) is 0 Å². The number of benzene rings is 1. The lowest BCUT2D eigenvalue weighted by atomic mass is 9.96. The molecule has 1 aromatic carbocycles. The monoisotopic (exact) mass is 450 g/mol. The molecule has 2 aromatic heterocycles. The number of carbonyl (C=O) groups is 1. The number of carbonyl (C=O) groups excluding carboxylic acids is 1. The van der Waals surface area contributed by atoms with Crippen LogP contribution in [0.2, 0.25) is 0 Å². The summed E-state index contributed by atoms with van der Waals surface area (Å²) in [6.45, 7) is 3.78. The number of nitrogens with zero attached hydrogens (tertiary/aromatic N) is 3. The van der Waals surface area contributed by atoms with Crippen molar-refractivity contribution in [2.75, 3.05) is 26.2 Å². The van der Waals surface area contributed by atoms with Crippen molar-refractivity contribution in [2.24, 2.45) is 5.92 Å². The molecule has 4 heterocycles. The molecule has 0 radical (unpaired) electrons. The van der Waals surface area contributed by atoms with Crippen LogP contribution < -0.4 is 5.32 Å². The highest BCUT2D eigenvalue weighted by atomic mass is 32.2. The van der Waals surface area contributed by atoms with E-state index >= 15 is 0 Å². The van der Waals surface area contributed by atoms with Gasteiger partial charge in [-0.25, -0.2) is 9.37 Å². The number of pyridine rings is 1. The van der Waals surface area contributed by atoms with Gasteiger partial charge in [-0.05, 0) is 81.1 Å². The van der Waals surface area contributed by atoms with Crippen molar-refractivity contribution in [1.82, 2.24) is 19.6 Å². The van der Waals surface area contributed by atoms with Crippen molar-refractivity contribution in [2.45, 2.75) is 30.7 Å². The van der Waals surface area contributed by atoms with Crippen molar-refractivity contribution >= 4 is 29.4 Å². The predicted octanol–water partition coefficient (Wildman–Crippen LogP) is 4.38. The van der Waals surface area contributed by atoms with Crippen LogP contribution in [0.1, 0.15) is 30.5 Å². The highest BCUT2D eigenvalue weighted by Crippen LogP contribution is 2.34. The zero-order chi connectivity index (χ0) is 21.9. The van der Waals surface area contributed by atoms with Crippen LogP contribution in [0, 0.1) is 11.7 Å². The molecule has 1 N–H and O–H groups in total. The van der Waals surface area contributed by atoms with E-state index in [9.17, 15) is 9.18 Å². The van der Waals surface area contributed by atoms with Crippen molar-refractivity contribution in [3.63, 3.8) is 0 Å². The second-order valence-corrected chi connectivity index (χ2v) is 9.60. The van der Waals surface area contributed by atoms with Crippen LogP contribution in [0.15, 0.2) is 58.6 Å². The Hall–Kier alpha value is -2.64. The Balaban J connectivity index is 1.06. The van der Waals surface area contributed by atoms with E-state index < -0.39 is 0 Å². The number of rotatable bonds is 7. The predicted molar refractivity (Wildman–Crippen MR) is 126 cm³/mol. The third kappa shape index (κ3) is 4.59. The van der Waals surface area contributed by atoms with E-state index in [-0.39, 0.29) is 11.7 Å². The van der Waals surface area contributed by atoms with E-state index in [4.69, 9.17) is 0 Å². The summed E-state index contributed by atoms with van der Waals surface area (Å²) in [5.41, 5.74) is 2.66. The minimum absolute atomic E-state index is 0.00762. The van der Waals surface area contributed by atoms with Gasteiger partial charge in [-0.1, -0.05) is 36.0 Å². The molecular formula is C25H27FN4OS. The standard InChI is InChI=1S/C25H27FN4OS/c26-21-7-2-1-5-19(21)6-4-12-29-13-10-18(11-14-29)16-28-25(31)22-15-20-17-27-23-8-3-9-24(32-22)30(20)23/h1-3,5,7-9,15,17-18H,4,6,10-14,16H2,(H,28,31). The molecule has 0 spiro atoms. The average molecular weight is 451 g/mol. The molecule has 5 rings (SSSR count). The third-order valence-corrected chi connectivity index (χ3v) is 7.43. The summed E-state index contributed by atoms with van der Waals surface area (Å²) in [4.78, 5) is 20.4. The van der Waals surface area contributed by atoms with Gasteiger partial charge < -0.3 is 10.2 Å². The highest BCUT2D eigenvalue weighted by Gasteiger charge is 2.23. The van der Waals surface area contributed by atoms with E-state index in [0.717, 1.165) is 72.2 Å². The Kier molecular flexibility index (Phi) is 6.28. The van der Waals surface area contributed by atoms with E-state index in [2.05, 4.69) is 19.6 Å². The van der Waals surface area contributed by atoms with Gasteiger partial charge >= 0.3 is 0 Å². The fourth-order valence-electron chi connectivity index (χ4n) is 4.53. The van der Waals surface area contributed by atoms with Crippen LogP contribution in [0.3, 0.4) is 0 Å². The van der Waals surface area contributed by atoms with Gasteiger partial charge in [0.05, 0.1) is 21.8 Å². The summed E-state index contributed by atoms with van der Waals surface area (Å²) in [6.07, 6.45) is 7.65. The minimum atomic E-state index is -0.102. The molecule has 3 aromatic rings. The number of nitrogens with one attached hydrogen (secondary N) is 1. The second kappa shape index (κ2) is 9.46. The summed E-state index contributed by atoms with van der Waals surface area (Å²) in [7, 11) is 0. The third-order valence-electron chi connectivity index (χ3n) is 6.37. The molecule has 166 valence electrons. The lowest BCUT2D eigenvalue weighted by Crippen LogP contribution is -2.39. The Bertz CT molecular complexity index is 1150. The number of piperidine rings is 1. The van der Waals surface area contributed by atoms with Crippen molar-refractivity contribution < 1.29 is 9.18 Å². The number of thioether (sulfide) groups is 1. The first kappa shape index (κ1) is 21.2. The average Bonchev–Trinajstić information content (AvgIpc) is 3.24. The number of amides is 1. The lowest BCUT2D eigenvalue weighted by Gasteiger charge is -2.32. The molecule has 1 fully saturated rings. The summed E-state index contributed by atoms with van der Waals surface area (Å²) < 4.78 is 15.8. The number of hydrogen-bond acceptors (Lipinski definition) is 4. The molecule has 0 unspecified atom stereocenters. The van der Waals surface area contributed by atoms with Gasteiger partial charge in [0.2, 0.25) is 0 Å². The molecule has 0 atom stereocenters. The van der Waals surface area contributed by atoms with Crippen LogP contribution in [-0.4, -0.2) is 46.4 Å². The van der Waals surface area contributed by atoms with Gasteiger partial charge in [-0.2, -0.15) is 0 Å². The summed E-state index contributed by atoms with van der Waals surface area (Å²) in [5, 5.41) is 4.16. The lowest BCUT2D eigenvalue weighted by molar-refractivity contribution is -0.117. The van der Waals surface area contributed by atoms with Crippen LogP contribution in [0.5, 0.6) is 0 Å². The number of hydrogen-bond donors (Lipinski definition) is 1. The minimum Gasteiger partial charge on any atom is -0.351 e. The van der Waals surface area contributed by atoms with Crippen LogP contribution >= 0.6 is 11.8 Å². The van der Waals surface area contributed by atoms with Gasteiger partial charge in [0.1, 0.15) is 11.5 Å². The Labute approximate surface area is 191 Å². The molecule has 0 saturated carbocycles. The van der Waals surface area contributed by atoms with Crippen molar-refractivity contribution in [1.29, 1.82) is 0 Å². The number of aromatic nitrogens is 2. The van der Waals surface area contributed by atoms with Gasteiger partial charge in [-0.3, -0.25) is 9.20 Å². The van der Waals surface area contributed by atoms with E-state index in [0.29, 0.717) is 12.5 Å². The number of likely N-dealkylation sites (tertiary alicyclic amines) is 1. The molecular weight excluding hydrogens is 423 g/mol. The highest BCUT2D eigenvalue weighted by molar-refractivity contribution is 8.04. The van der Waals surface area contributed by atoms with E-state index in [1.165, 1.54) is 17.8 Å². The molecule has 2 aliphatic rings. The van der Waals surface area contributed by atoms with Crippen molar-refractivity contribution in [3.05, 3.63) is 70.6 Å². The number of halogens is 1. The van der Waals surface area contributed by atoms with Gasteiger partial charge in [0, 0.05) is 6.54 Å². The van der Waals surface area contributed by atoms with E-state index in [1.807, 2.05) is 42.6 Å². The molecule has 1 saturated heterocycles.